The van der Waals surface area contributed by atoms with E-state index in [0.29, 0.717) is 24.2 Å². The van der Waals surface area contributed by atoms with Gasteiger partial charge in [0.1, 0.15) is 22.5 Å². The maximum atomic E-state index is 12.1. The van der Waals surface area contributed by atoms with Crippen LogP contribution in [0.25, 0.3) is 0 Å². The summed E-state index contributed by atoms with van der Waals surface area (Å²) in [5.74, 6) is -0.631. The van der Waals surface area contributed by atoms with Gasteiger partial charge in [-0.3, -0.25) is 4.79 Å². The van der Waals surface area contributed by atoms with Gasteiger partial charge in [-0.05, 0) is 38.8 Å². The van der Waals surface area contributed by atoms with Gasteiger partial charge in [-0.25, -0.2) is 0 Å². The zero-order valence-electron chi connectivity index (χ0n) is 11.6. The standard InChI is InChI=1S/C16H18O4/c1-15(2)12-8-3-4-9-16(12,14(18)19)13-10(17)6-5-7-11(13)20-15/h3-7,12,17H,8-9H2,1-2H3,(H,18,19). The topological polar surface area (TPSA) is 66.8 Å². The lowest BCUT2D eigenvalue weighted by Gasteiger charge is -2.51. The molecule has 4 heteroatoms. The first-order chi connectivity index (χ1) is 9.39. The summed E-state index contributed by atoms with van der Waals surface area (Å²) in [6, 6.07) is 4.94. The zero-order chi connectivity index (χ0) is 14.5. The van der Waals surface area contributed by atoms with E-state index in [4.69, 9.17) is 4.74 Å². The van der Waals surface area contributed by atoms with Gasteiger partial charge in [-0.15, -0.1) is 0 Å². The second kappa shape index (κ2) is 4.01. The number of carbonyl (C=O) groups is 1. The van der Waals surface area contributed by atoms with Gasteiger partial charge in [-0.2, -0.15) is 0 Å². The van der Waals surface area contributed by atoms with Crippen LogP contribution >= 0.6 is 0 Å². The second-order valence-corrected chi connectivity index (χ2v) is 6.10. The number of carboxylic acid groups (broad SMARTS) is 1. The molecule has 0 saturated heterocycles. The van der Waals surface area contributed by atoms with Gasteiger partial charge in [0.15, 0.2) is 0 Å². The van der Waals surface area contributed by atoms with Gasteiger partial charge in [-0.1, -0.05) is 18.2 Å². The van der Waals surface area contributed by atoms with Crippen molar-refractivity contribution in [1.29, 1.82) is 0 Å². The highest BCUT2D eigenvalue weighted by atomic mass is 16.5. The Morgan fingerprint density at radius 2 is 2.10 bits per heavy atom. The first-order valence-corrected chi connectivity index (χ1v) is 6.79. The minimum absolute atomic E-state index is 0.000648. The van der Waals surface area contributed by atoms with E-state index in [9.17, 15) is 15.0 Å². The predicted octanol–water partition coefficient (Wildman–Crippen LogP) is 2.85. The minimum atomic E-state index is -1.11. The fraction of sp³-hybridized carbons (Fsp3) is 0.438. The highest BCUT2D eigenvalue weighted by Gasteiger charge is 2.59. The van der Waals surface area contributed by atoms with Crippen LogP contribution in [0.1, 0.15) is 32.3 Å². The van der Waals surface area contributed by atoms with Crippen LogP contribution in [0.5, 0.6) is 11.5 Å². The Morgan fingerprint density at radius 3 is 2.80 bits per heavy atom. The molecule has 0 saturated carbocycles. The average molecular weight is 274 g/mol. The Kier molecular flexibility index (Phi) is 2.61. The molecule has 0 spiro atoms. The van der Waals surface area contributed by atoms with Crippen LogP contribution in [0.2, 0.25) is 0 Å². The van der Waals surface area contributed by atoms with Crippen molar-refractivity contribution < 1.29 is 19.7 Å². The minimum Gasteiger partial charge on any atom is -0.507 e. The van der Waals surface area contributed by atoms with Crippen molar-refractivity contribution in [3.8, 4) is 11.5 Å². The summed E-state index contributed by atoms with van der Waals surface area (Å²) >= 11 is 0. The second-order valence-electron chi connectivity index (χ2n) is 6.10. The van der Waals surface area contributed by atoms with Gasteiger partial charge in [0.05, 0.1) is 5.56 Å². The van der Waals surface area contributed by atoms with Crippen LogP contribution in [-0.4, -0.2) is 21.8 Å². The van der Waals surface area contributed by atoms with E-state index in [1.54, 1.807) is 12.1 Å². The lowest BCUT2D eigenvalue weighted by molar-refractivity contribution is -0.153. The van der Waals surface area contributed by atoms with Gasteiger partial charge >= 0.3 is 5.97 Å². The van der Waals surface area contributed by atoms with Crippen LogP contribution in [0.4, 0.5) is 0 Å². The fourth-order valence-corrected chi connectivity index (χ4v) is 3.75. The number of aliphatic carboxylic acids is 1. The summed E-state index contributed by atoms with van der Waals surface area (Å²) in [6.45, 7) is 3.84. The van der Waals surface area contributed by atoms with Gasteiger partial charge in [0.25, 0.3) is 0 Å². The lowest BCUT2D eigenvalue weighted by Crippen LogP contribution is -2.58. The van der Waals surface area contributed by atoms with Crippen molar-refractivity contribution in [2.24, 2.45) is 5.92 Å². The number of ether oxygens (including phenoxy) is 1. The van der Waals surface area contributed by atoms with E-state index in [2.05, 4.69) is 0 Å². The molecule has 0 amide bonds. The fourth-order valence-electron chi connectivity index (χ4n) is 3.75. The Hall–Kier alpha value is -1.97. The van der Waals surface area contributed by atoms with E-state index < -0.39 is 17.0 Å². The van der Waals surface area contributed by atoms with Gasteiger partial charge < -0.3 is 14.9 Å². The monoisotopic (exact) mass is 274 g/mol. The molecule has 0 aromatic heterocycles. The summed E-state index contributed by atoms with van der Waals surface area (Å²) in [6.07, 6.45) is 4.90. The Morgan fingerprint density at radius 1 is 1.35 bits per heavy atom. The van der Waals surface area contributed by atoms with Crippen molar-refractivity contribution in [3.63, 3.8) is 0 Å². The van der Waals surface area contributed by atoms with Crippen LogP contribution in [0.15, 0.2) is 30.4 Å². The van der Waals surface area contributed by atoms with Gasteiger partial charge in [0, 0.05) is 5.92 Å². The zero-order valence-corrected chi connectivity index (χ0v) is 11.6. The number of hydrogen-bond donors (Lipinski definition) is 2. The maximum absolute atomic E-state index is 12.1. The van der Waals surface area contributed by atoms with E-state index in [0.717, 1.165) is 0 Å². The SMILES string of the molecule is CC1(C)Oc2cccc(O)c2C2(C(=O)O)CC=CCC12. The third-order valence-electron chi connectivity index (χ3n) is 4.62. The molecule has 2 atom stereocenters. The number of benzene rings is 1. The van der Waals surface area contributed by atoms with Gasteiger partial charge in [0.2, 0.25) is 0 Å². The molecule has 0 fully saturated rings. The average Bonchev–Trinajstić information content (AvgIpc) is 2.37. The van der Waals surface area contributed by atoms with Crippen LogP contribution in [-0.2, 0) is 10.2 Å². The third-order valence-corrected chi connectivity index (χ3v) is 4.62. The number of phenolic OH excluding ortho intramolecular Hbond substituents is 1. The Bertz CT molecular complexity index is 602. The largest absolute Gasteiger partial charge is 0.507 e. The number of aromatic hydroxyl groups is 1. The van der Waals surface area contributed by atoms with E-state index >= 15 is 0 Å². The molecule has 1 aromatic rings. The molecule has 1 heterocycles. The maximum Gasteiger partial charge on any atom is 0.315 e. The summed E-state index contributed by atoms with van der Waals surface area (Å²) in [5, 5.41) is 20.1. The Labute approximate surface area is 117 Å². The molecule has 20 heavy (non-hydrogen) atoms. The lowest BCUT2D eigenvalue weighted by atomic mass is 9.58. The molecule has 1 aromatic carbocycles. The van der Waals surface area contributed by atoms with Crippen LogP contribution < -0.4 is 4.74 Å². The quantitative estimate of drug-likeness (QED) is 0.773. The molecule has 2 N–H and O–H groups in total. The molecule has 4 nitrogen and oxygen atoms in total. The van der Waals surface area contributed by atoms with Crippen molar-refractivity contribution in [2.75, 3.05) is 0 Å². The van der Waals surface area contributed by atoms with Crippen molar-refractivity contribution in [3.05, 3.63) is 35.9 Å². The van der Waals surface area contributed by atoms with E-state index in [-0.39, 0.29) is 11.7 Å². The number of hydrogen-bond acceptors (Lipinski definition) is 3. The third kappa shape index (κ3) is 1.51. The van der Waals surface area contributed by atoms with E-state index in [1.165, 1.54) is 6.07 Å². The van der Waals surface area contributed by atoms with Crippen LogP contribution in [0, 0.1) is 5.92 Å². The molecule has 1 aliphatic heterocycles. The molecular formula is C16H18O4. The summed E-state index contributed by atoms with van der Waals surface area (Å²) in [5.41, 5.74) is -1.29. The van der Waals surface area contributed by atoms with Crippen molar-refractivity contribution in [1.82, 2.24) is 0 Å². The number of rotatable bonds is 1. The molecule has 2 unspecified atom stereocenters. The smallest absolute Gasteiger partial charge is 0.315 e. The highest BCUT2D eigenvalue weighted by molar-refractivity contribution is 5.86. The van der Waals surface area contributed by atoms with Crippen molar-refractivity contribution in [2.45, 2.75) is 37.7 Å². The number of phenols is 1. The number of fused-ring (bicyclic) bond motifs is 3. The molecule has 2 aliphatic rings. The first kappa shape index (κ1) is 13.0. The normalized spacial score (nSPS) is 30.0. The predicted molar refractivity (Wildman–Crippen MR) is 74.0 cm³/mol. The summed E-state index contributed by atoms with van der Waals surface area (Å²) in [7, 11) is 0. The highest BCUT2D eigenvalue weighted by Crippen LogP contribution is 2.56. The molecule has 3 rings (SSSR count). The molecule has 0 radical (unpaired) electrons. The van der Waals surface area contributed by atoms with E-state index in [1.807, 2.05) is 26.0 Å². The molecule has 1 aliphatic carbocycles. The Balaban J connectivity index is 2.35. The number of carboxylic acids is 1. The number of allylic oxidation sites excluding steroid dienone is 2. The summed E-state index contributed by atoms with van der Waals surface area (Å²) in [4.78, 5) is 12.1. The molecule has 0 bridgehead atoms. The first-order valence-electron chi connectivity index (χ1n) is 6.79. The van der Waals surface area contributed by atoms with Crippen LogP contribution in [0.3, 0.4) is 0 Å². The molecule has 106 valence electrons. The summed E-state index contributed by atoms with van der Waals surface area (Å²) < 4.78 is 5.99. The van der Waals surface area contributed by atoms with Crippen molar-refractivity contribution >= 4 is 5.97 Å². The molecular weight excluding hydrogens is 256 g/mol.